The van der Waals surface area contributed by atoms with Crippen LogP contribution in [-0.2, 0) is 26.2 Å². The monoisotopic (exact) mass is 527 g/mol. The normalized spacial score (nSPS) is 12.2. The minimum absolute atomic E-state index is 0.0560. The molecule has 2 aromatic rings. The molecule has 0 saturated carbocycles. The topological polar surface area (TPSA) is 86.8 Å². The van der Waals surface area contributed by atoms with E-state index in [2.05, 4.69) is 5.32 Å². The number of halogens is 3. The van der Waals surface area contributed by atoms with Crippen LogP contribution in [0.4, 0.5) is 18.9 Å². The van der Waals surface area contributed by atoms with Crippen molar-refractivity contribution in [3.05, 3.63) is 65.5 Å². The summed E-state index contributed by atoms with van der Waals surface area (Å²) >= 11 is 0. The molecule has 0 heterocycles. The molecule has 7 nitrogen and oxygen atoms in total. The molecule has 11 heteroatoms. The Morgan fingerprint density at radius 3 is 2.25 bits per heavy atom. The molecule has 0 saturated heterocycles. The van der Waals surface area contributed by atoms with E-state index in [4.69, 9.17) is 0 Å². The van der Waals surface area contributed by atoms with Gasteiger partial charge in [0.25, 0.3) is 0 Å². The second-order valence-electron chi connectivity index (χ2n) is 8.51. The lowest BCUT2D eigenvalue weighted by Gasteiger charge is -2.29. The second kappa shape index (κ2) is 13.3. The molecule has 0 aliphatic rings. The number of benzene rings is 2. The summed E-state index contributed by atoms with van der Waals surface area (Å²) in [5.41, 5.74) is 0.563. The highest BCUT2D eigenvalue weighted by molar-refractivity contribution is 7.92. The second-order valence-corrected chi connectivity index (χ2v) is 10.4. The highest BCUT2D eigenvalue weighted by Gasteiger charge is 2.26. The summed E-state index contributed by atoms with van der Waals surface area (Å²) in [6, 6.07) is 7.49. The minimum atomic E-state index is -3.84. The predicted molar refractivity (Wildman–Crippen MR) is 132 cm³/mol. The van der Waals surface area contributed by atoms with Crippen molar-refractivity contribution in [3.63, 3.8) is 0 Å². The molecule has 0 aliphatic carbocycles. The van der Waals surface area contributed by atoms with Crippen LogP contribution in [0.1, 0.15) is 45.1 Å². The van der Waals surface area contributed by atoms with E-state index < -0.39 is 39.4 Å². The highest BCUT2D eigenvalue weighted by atomic mass is 32.2. The van der Waals surface area contributed by atoms with Crippen LogP contribution in [-0.4, -0.2) is 50.5 Å². The van der Waals surface area contributed by atoms with E-state index in [9.17, 15) is 31.2 Å². The Morgan fingerprint density at radius 1 is 1.00 bits per heavy atom. The Kier molecular flexibility index (Phi) is 10.8. The van der Waals surface area contributed by atoms with Crippen molar-refractivity contribution in [2.45, 2.75) is 52.1 Å². The van der Waals surface area contributed by atoms with Gasteiger partial charge in [0.2, 0.25) is 21.8 Å². The number of rotatable bonds is 13. The maximum atomic E-state index is 13.7. The third kappa shape index (κ3) is 8.54. The van der Waals surface area contributed by atoms with Crippen molar-refractivity contribution >= 4 is 27.5 Å². The number of sulfonamides is 1. The molecule has 0 aliphatic heterocycles. The SMILES string of the molecule is CCCCNC(=O)[C@@H](C)N(Cc1ccc(F)cc1)C(=O)CCCN(c1ccc(F)c(F)c1)S(C)(=O)=O. The van der Waals surface area contributed by atoms with E-state index in [0.29, 0.717) is 12.1 Å². The molecule has 2 rings (SSSR count). The van der Waals surface area contributed by atoms with Crippen LogP contribution in [0.2, 0.25) is 0 Å². The van der Waals surface area contributed by atoms with Gasteiger partial charge in [0.05, 0.1) is 11.9 Å². The van der Waals surface area contributed by atoms with Crippen molar-refractivity contribution in [3.8, 4) is 0 Å². The number of amides is 2. The number of carbonyl (C=O) groups is 2. The number of hydrogen-bond donors (Lipinski definition) is 1. The molecular weight excluding hydrogens is 495 g/mol. The maximum absolute atomic E-state index is 13.7. The number of nitrogens with zero attached hydrogens (tertiary/aromatic N) is 2. The van der Waals surface area contributed by atoms with Gasteiger partial charge in [-0.25, -0.2) is 21.6 Å². The lowest BCUT2D eigenvalue weighted by atomic mass is 10.1. The average Bonchev–Trinajstić information content (AvgIpc) is 2.82. The molecule has 36 heavy (non-hydrogen) atoms. The van der Waals surface area contributed by atoms with Crippen LogP contribution >= 0.6 is 0 Å². The van der Waals surface area contributed by atoms with Crippen molar-refractivity contribution < 1.29 is 31.2 Å². The zero-order chi connectivity index (χ0) is 26.9. The minimum Gasteiger partial charge on any atom is -0.354 e. The van der Waals surface area contributed by atoms with E-state index in [-0.39, 0.29) is 37.5 Å². The molecule has 0 unspecified atom stereocenters. The van der Waals surface area contributed by atoms with Crippen LogP contribution in [0, 0.1) is 17.5 Å². The fourth-order valence-electron chi connectivity index (χ4n) is 3.55. The molecule has 198 valence electrons. The Morgan fingerprint density at radius 2 is 1.67 bits per heavy atom. The van der Waals surface area contributed by atoms with E-state index in [1.165, 1.54) is 29.2 Å². The maximum Gasteiger partial charge on any atom is 0.242 e. The summed E-state index contributed by atoms with van der Waals surface area (Å²) in [4.78, 5) is 27.2. The molecule has 2 amide bonds. The quantitative estimate of drug-likeness (QED) is 0.399. The molecule has 0 bridgehead atoms. The molecule has 0 fully saturated rings. The fraction of sp³-hybridized carbons (Fsp3) is 0.440. The van der Waals surface area contributed by atoms with Crippen LogP contribution in [0.15, 0.2) is 42.5 Å². The molecule has 1 N–H and O–H groups in total. The largest absolute Gasteiger partial charge is 0.354 e. The van der Waals surface area contributed by atoms with E-state index in [1.54, 1.807) is 6.92 Å². The van der Waals surface area contributed by atoms with Crippen molar-refractivity contribution in [2.75, 3.05) is 23.7 Å². The number of nitrogens with one attached hydrogen (secondary N) is 1. The molecule has 0 aromatic heterocycles. The van der Waals surface area contributed by atoms with Crippen molar-refractivity contribution in [2.24, 2.45) is 0 Å². The number of hydrogen-bond acceptors (Lipinski definition) is 4. The van der Waals surface area contributed by atoms with Crippen LogP contribution in [0.3, 0.4) is 0 Å². The third-order valence-electron chi connectivity index (χ3n) is 5.61. The summed E-state index contributed by atoms with van der Waals surface area (Å²) in [6.45, 7) is 3.94. The average molecular weight is 528 g/mol. The van der Waals surface area contributed by atoms with Crippen LogP contribution in [0.25, 0.3) is 0 Å². The summed E-state index contributed by atoms with van der Waals surface area (Å²) in [5.74, 6) is -3.47. The van der Waals surface area contributed by atoms with Gasteiger partial charge < -0.3 is 10.2 Å². The van der Waals surface area contributed by atoms with E-state index in [1.807, 2.05) is 6.92 Å². The standard InChI is InChI=1S/C25H32F3N3O4S/c1-4-5-14-29-25(33)18(2)30(17-19-8-10-20(26)11-9-19)24(32)7-6-15-31(36(3,34)35)21-12-13-22(27)23(28)16-21/h8-13,16,18H,4-7,14-15,17H2,1-3H3,(H,29,33)/t18-/m1/s1. The number of carbonyl (C=O) groups excluding carboxylic acids is 2. The highest BCUT2D eigenvalue weighted by Crippen LogP contribution is 2.21. The van der Waals surface area contributed by atoms with Crippen molar-refractivity contribution in [1.82, 2.24) is 10.2 Å². The lowest BCUT2D eigenvalue weighted by Crippen LogP contribution is -2.48. The van der Waals surface area contributed by atoms with Gasteiger partial charge in [0.15, 0.2) is 11.6 Å². The van der Waals surface area contributed by atoms with E-state index >= 15 is 0 Å². The van der Waals surface area contributed by atoms with Gasteiger partial charge in [0.1, 0.15) is 11.9 Å². The lowest BCUT2D eigenvalue weighted by molar-refractivity contribution is -0.140. The number of anilines is 1. The fourth-order valence-corrected chi connectivity index (χ4v) is 4.51. The van der Waals surface area contributed by atoms with Gasteiger partial charge in [-0.2, -0.15) is 0 Å². The summed E-state index contributed by atoms with van der Waals surface area (Å²) in [7, 11) is -3.84. The molecule has 0 spiro atoms. The zero-order valence-electron chi connectivity index (χ0n) is 20.6. The first-order valence-electron chi connectivity index (χ1n) is 11.7. The first kappa shape index (κ1) is 29.2. The zero-order valence-corrected chi connectivity index (χ0v) is 21.5. The first-order valence-corrected chi connectivity index (χ1v) is 13.5. The van der Waals surface area contributed by atoms with Gasteiger partial charge in [-0.05, 0) is 49.6 Å². The van der Waals surface area contributed by atoms with Gasteiger partial charge >= 0.3 is 0 Å². The summed E-state index contributed by atoms with van der Waals surface area (Å²) < 4.78 is 65.7. The molecular formula is C25H32F3N3O4S. The van der Waals surface area contributed by atoms with Gasteiger partial charge in [0, 0.05) is 32.1 Å². The first-order chi connectivity index (χ1) is 16.9. The van der Waals surface area contributed by atoms with Gasteiger partial charge in [-0.15, -0.1) is 0 Å². The summed E-state index contributed by atoms with van der Waals surface area (Å²) in [6.07, 6.45) is 2.56. The smallest absolute Gasteiger partial charge is 0.242 e. The van der Waals surface area contributed by atoms with Gasteiger partial charge in [-0.1, -0.05) is 25.5 Å². The van der Waals surface area contributed by atoms with Crippen molar-refractivity contribution in [1.29, 1.82) is 0 Å². The Bertz CT molecular complexity index is 1140. The third-order valence-corrected chi connectivity index (χ3v) is 6.80. The Labute approximate surface area is 210 Å². The van der Waals surface area contributed by atoms with Gasteiger partial charge in [-0.3, -0.25) is 13.9 Å². The summed E-state index contributed by atoms with van der Waals surface area (Å²) in [5, 5.41) is 2.79. The number of unbranched alkanes of at least 4 members (excludes halogenated alkanes) is 1. The van der Waals surface area contributed by atoms with Crippen LogP contribution < -0.4 is 9.62 Å². The Balaban J connectivity index is 2.15. The van der Waals surface area contributed by atoms with E-state index in [0.717, 1.165) is 41.6 Å². The molecule has 2 aromatic carbocycles. The molecule has 1 atom stereocenters. The predicted octanol–water partition coefficient (Wildman–Crippen LogP) is 3.98. The Hall–Kier alpha value is -3.08. The van der Waals surface area contributed by atoms with Crippen LogP contribution in [0.5, 0.6) is 0 Å². The molecule has 0 radical (unpaired) electrons.